The van der Waals surface area contributed by atoms with E-state index in [1.54, 1.807) is 18.5 Å². The summed E-state index contributed by atoms with van der Waals surface area (Å²) < 4.78 is 11.3. The van der Waals surface area contributed by atoms with Crippen LogP contribution in [0.4, 0.5) is 5.69 Å². The van der Waals surface area contributed by atoms with Crippen LogP contribution in [-0.2, 0) is 25.6 Å². The molecule has 0 bridgehead atoms. The highest BCUT2D eigenvalue weighted by Crippen LogP contribution is 2.30. The number of H-pyrrole nitrogens is 1. The molecule has 1 N–H and O–H groups in total. The predicted octanol–water partition coefficient (Wildman–Crippen LogP) is 3.32. The maximum Gasteiger partial charge on any atom is 0.326 e. The molecule has 1 aliphatic heterocycles. The molecule has 3 heterocycles. The number of fused-ring (bicyclic) bond motifs is 1. The zero-order valence-electron chi connectivity index (χ0n) is 21.2. The van der Waals surface area contributed by atoms with E-state index in [1.807, 2.05) is 70.3 Å². The van der Waals surface area contributed by atoms with Gasteiger partial charge in [-0.2, -0.15) is 0 Å². The number of aromatic amines is 1. The van der Waals surface area contributed by atoms with Crippen molar-refractivity contribution in [2.24, 2.45) is 10.9 Å². The Morgan fingerprint density at radius 3 is 2.75 bits per heavy atom. The first-order valence-corrected chi connectivity index (χ1v) is 11.7. The number of hydrogen-bond donors (Lipinski definition) is 1. The molecule has 1 aromatic carbocycles. The summed E-state index contributed by atoms with van der Waals surface area (Å²) in [5.74, 6) is -2.37. The SMILES string of the molecule is Cc1cc(CN(C)C)ccc1N=C1O/C(=C\c2c[nH]c3ncccc23)C(=O)C1C(=O)OCCN(C)C. The summed E-state index contributed by atoms with van der Waals surface area (Å²) in [4.78, 5) is 42.3. The average Bonchev–Trinajstić information content (AvgIpc) is 3.36. The van der Waals surface area contributed by atoms with Gasteiger partial charge in [0.2, 0.25) is 11.7 Å². The van der Waals surface area contributed by atoms with Crippen LogP contribution in [0.2, 0.25) is 0 Å². The lowest BCUT2D eigenvalue weighted by atomic mass is 10.0. The molecule has 36 heavy (non-hydrogen) atoms. The lowest BCUT2D eigenvalue weighted by Crippen LogP contribution is -2.30. The number of ketones is 1. The Bertz CT molecular complexity index is 1340. The number of esters is 1. The third-order valence-electron chi connectivity index (χ3n) is 5.75. The topological polar surface area (TPSA) is 100 Å². The summed E-state index contributed by atoms with van der Waals surface area (Å²) >= 11 is 0. The molecule has 188 valence electrons. The Morgan fingerprint density at radius 2 is 2.03 bits per heavy atom. The molecule has 1 unspecified atom stereocenters. The van der Waals surface area contributed by atoms with Crippen LogP contribution in [0.15, 0.2) is 53.5 Å². The number of aliphatic imine (C=N–C) groups is 1. The second kappa shape index (κ2) is 10.8. The minimum atomic E-state index is -1.26. The molecule has 0 amide bonds. The summed E-state index contributed by atoms with van der Waals surface area (Å²) in [5.41, 5.74) is 4.10. The van der Waals surface area contributed by atoms with Gasteiger partial charge < -0.3 is 24.3 Å². The molecular formula is C27H31N5O4. The van der Waals surface area contributed by atoms with Gasteiger partial charge in [0.15, 0.2) is 11.7 Å². The maximum atomic E-state index is 13.4. The van der Waals surface area contributed by atoms with E-state index < -0.39 is 17.7 Å². The van der Waals surface area contributed by atoms with E-state index in [4.69, 9.17) is 9.47 Å². The van der Waals surface area contributed by atoms with E-state index in [1.165, 1.54) is 0 Å². The van der Waals surface area contributed by atoms with Crippen LogP contribution in [0, 0.1) is 12.8 Å². The van der Waals surface area contributed by atoms with Crippen molar-refractivity contribution in [3.8, 4) is 0 Å². The fourth-order valence-corrected chi connectivity index (χ4v) is 3.95. The molecule has 9 heteroatoms. The van der Waals surface area contributed by atoms with Gasteiger partial charge in [-0.25, -0.2) is 9.98 Å². The van der Waals surface area contributed by atoms with Crippen LogP contribution in [0.3, 0.4) is 0 Å². The van der Waals surface area contributed by atoms with Crippen molar-refractivity contribution in [1.29, 1.82) is 0 Å². The number of carbonyl (C=O) groups excluding carboxylic acids is 2. The summed E-state index contributed by atoms with van der Waals surface area (Å²) in [6.07, 6.45) is 5.04. The molecule has 1 aliphatic rings. The van der Waals surface area contributed by atoms with Crippen molar-refractivity contribution in [2.75, 3.05) is 41.3 Å². The lowest BCUT2D eigenvalue weighted by molar-refractivity contribution is -0.148. The van der Waals surface area contributed by atoms with Crippen LogP contribution in [0.25, 0.3) is 17.1 Å². The highest BCUT2D eigenvalue weighted by Gasteiger charge is 2.45. The fourth-order valence-electron chi connectivity index (χ4n) is 3.95. The number of hydrogen-bond acceptors (Lipinski definition) is 8. The van der Waals surface area contributed by atoms with E-state index in [9.17, 15) is 9.59 Å². The third-order valence-corrected chi connectivity index (χ3v) is 5.75. The maximum absolute atomic E-state index is 13.4. The molecule has 4 rings (SSSR count). The van der Waals surface area contributed by atoms with E-state index in [0.29, 0.717) is 17.9 Å². The summed E-state index contributed by atoms with van der Waals surface area (Å²) in [6.45, 7) is 3.43. The van der Waals surface area contributed by atoms with Crippen molar-refractivity contribution in [3.63, 3.8) is 0 Å². The fraction of sp³-hybridized carbons (Fsp3) is 0.333. The van der Waals surface area contributed by atoms with Crippen LogP contribution in [-0.4, -0.2) is 78.8 Å². The number of allylic oxidation sites excluding steroid dienone is 1. The minimum absolute atomic E-state index is 0.0162. The summed E-state index contributed by atoms with van der Waals surface area (Å²) in [5, 5.41) is 0.837. The first-order valence-electron chi connectivity index (χ1n) is 11.7. The molecule has 0 saturated carbocycles. The van der Waals surface area contributed by atoms with Gasteiger partial charge in [0.25, 0.3) is 0 Å². The lowest BCUT2D eigenvalue weighted by Gasteiger charge is -2.13. The number of aromatic nitrogens is 2. The normalized spacial score (nSPS) is 18.1. The van der Waals surface area contributed by atoms with Gasteiger partial charge in [-0.15, -0.1) is 0 Å². The number of pyridine rings is 1. The van der Waals surface area contributed by atoms with E-state index >= 15 is 0 Å². The molecule has 0 spiro atoms. The number of carbonyl (C=O) groups is 2. The Hall–Kier alpha value is -3.82. The number of ether oxygens (including phenoxy) is 2. The highest BCUT2D eigenvalue weighted by atomic mass is 16.5. The predicted molar refractivity (Wildman–Crippen MR) is 139 cm³/mol. The van der Waals surface area contributed by atoms with Gasteiger partial charge in [0.05, 0.1) is 5.69 Å². The van der Waals surface area contributed by atoms with Gasteiger partial charge in [-0.05, 0) is 70.5 Å². The quantitative estimate of drug-likeness (QED) is 0.294. The first-order chi connectivity index (χ1) is 17.2. The van der Waals surface area contributed by atoms with Crippen molar-refractivity contribution in [3.05, 3.63) is 65.2 Å². The number of aryl methyl sites for hydroxylation is 1. The van der Waals surface area contributed by atoms with Gasteiger partial charge in [-0.1, -0.05) is 12.1 Å². The zero-order chi connectivity index (χ0) is 25.8. The Balaban J connectivity index is 1.68. The number of nitrogens with zero attached hydrogens (tertiary/aromatic N) is 4. The second-order valence-corrected chi connectivity index (χ2v) is 9.33. The molecule has 9 nitrogen and oxygen atoms in total. The first kappa shape index (κ1) is 25.3. The van der Waals surface area contributed by atoms with Crippen molar-refractivity contribution >= 4 is 40.4 Å². The zero-order valence-corrected chi connectivity index (χ0v) is 21.2. The molecule has 1 atom stereocenters. The molecule has 1 fully saturated rings. The molecule has 3 aromatic rings. The average molecular weight is 490 g/mol. The van der Waals surface area contributed by atoms with Gasteiger partial charge >= 0.3 is 5.97 Å². The number of rotatable bonds is 8. The Kier molecular flexibility index (Phi) is 7.61. The van der Waals surface area contributed by atoms with Crippen LogP contribution >= 0.6 is 0 Å². The summed E-state index contributed by atoms with van der Waals surface area (Å²) in [6, 6.07) is 9.59. The second-order valence-electron chi connectivity index (χ2n) is 9.33. The standard InChI is InChI=1S/C27H31N5O4/c1-17-13-18(16-32(4)5)8-9-21(17)30-26-23(27(34)35-12-11-31(2)3)24(33)22(36-26)14-19-15-29-25-20(19)7-6-10-28-25/h6-10,13-15,23H,11-12,16H2,1-5H3,(H,28,29)/b22-14-,30-26?. The number of likely N-dealkylation sites (N-methyl/N-ethyl adjacent to an activating group) is 1. The monoisotopic (exact) mass is 489 g/mol. The van der Waals surface area contributed by atoms with Gasteiger partial charge in [-0.3, -0.25) is 9.59 Å². The Labute approximate surface area is 210 Å². The van der Waals surface area contributed by atoms with Crippen molar-refractivity contribution in [2.45, 2.75) is 13.5 Å². The van der Waals surface area contributed by atoms with Crippen molar-refractivity contribution in [1.82, 2.24) is 19.8 Å². The smallest absolute Gasteiger partial charge is 0.326 e. The minimum Gasteiger partial charge on any atom is -0.463 e. The van der Waals surface area contributed by atoms with Crippen LogP contribution in [0.5, 0.6) is 0 Å². The molecule has 2 aromatic heterocycles. The van der Waals surface area contributed by atoms with Gasteiger partial charge in [0, 0.05) is 36.4 Å². The van der Waals surface area contributed by atoms with E-state index in [-0.39, 0.29) is 18.3 Å². The van der Waals surface area contributed by atoms with Crippen LogP contribution < -0.4 is 0 Å². The molecule has 1 saturated heterocycles. The van der Waals surface area contributed by atoms with E-state index in [0.717, 1.165) is 28.6 Å². The number of nitrogens with one attached hydrogen (secondary N) is 1. The number of Topliss-reactive ketones (excluding diaryl/α,β-unsaturated/α-hetero) is 1. The Morgan fingerprint density at radius 1 is 1.22 bits per heavy atom. The largest absolute Gasteiger partial charge is 0.463 e. The van der Waals surface area contributed by atoms with Gasteiger partial charge in [0.1, 0.15) is 12.3 Å². The molecular weight excluding hydrogens is 458 g/mol. The van der Waals surface area contributed by atoms with E-state index in [2.05, 4.69) is 19.9 Å². The molecule has 0 aliphatic carbocycles. The van der Waals surface area contributed by atoms with Crippen LogP contribution in [0.1, 0.15) is 16.7 Å². The highest BCUT2D eigenvalue weighted by molar-refractivity contribution is 6.27. The number of benzene rings is 1. The summed E-state index contributed by atoms with van der Waals surface area (Å²) in [7, 11) is 7.77. The van der Waals surface area contributed by atoms with Crippen molar-refractivity contribution < 1.29 is 19.1 Å². The third kappa shape index (κ3) is 5.69. The molecule has 0 radical (unpaired) electrons.